The molecule has 0 spiro atoms. The molecule has 122 valence electrons. The second-order valence-corrected chi connectivity index (χ2v) is 5.21. The van der Waals surface area contributed by atoms with Gasteiger partial charge in [-0.3, -0.25) is 14.9 Å². The van der Waals surface area contributed by atoms with Crippen LogP contribution in [0.2, 0.25) is 5.02 Å². The summed E-state index contributed by atoms with van der Waals surface area (Å²) in [5.41, 5.74) is 1.83. The molecule has 0 aliphatic rings. The third-order valence-corrected chi connectivity index (χ3v) is 3.73. The summed E-state index contributed by atoms with van der Waals surface area (Å²) in [4.78, 5) is 26.1. The lowest BCUT2D eigenvalue weighted by Crippen LogP contribution is -2.22. The predicted octanol–water partition coefficient (Wildman–Crippen LogP) is 2.46. The Bertz CT molecular complexity index is 790. The number of nitrogens with zero attached hydrogens (tertiary/aromatic N) is 3. The molecule has 0 bridgehead atoms. The van der Waals surface area contributed by atoms with E-state index < -0.39 is 4.92 Å². The fourth-order valence-electron chi connectivity index (χ4n) is 2.29. The molecule has 0 radical (unpaired) electrons. The number of nitro groups is 1. The fraction of sp³-hybridized carbons (Fsp3) is 0.357. The van der Waals surface area contributed by atoms with Gasteiger partial charge in [-0.15, -0.1) is 0 Å². The average Bonchev–Trinajstić information content (AvgIpc) is 2.54. The van der Waals surface area contributed by atoms with Crippen LogP contribution in [0.3, 0.4) is 0 Å². The van der Waals surface area contributed by atoms with Crippen molar-refractivity contribution in [3.8, 4) is 0 Å². The quantitative estimate of drug-likeness (QED) is 0.618. The number of pyridine rings is 1. The number of hydrogen-bond acceptors (Lipinski definition) is 6. The van der Waals surface area contributed by atoms with Crippen LogP contribution in [0.15, 0.2) is 17.1 Å². The van der Waals surface area contributed by atoms with E-state index in [1.54, 1.807) is 0 Å². The molecule has 0 fully saturated rings. The van der Waals surface area contributed by atoms with E-state index in [1.807, 2.05) is 13.8 Å². The first kappa shape index (κ1) is 16.9. The molecule has 2 aromatic heterocycles. The number of anilines is 1. The van der Waals surface area contributed by atoms with Crippen molar-refractivity contribution in [1.82, 2.24) is 15.2 Å². The minimum atomic E-state index is -0.570. The molecular formula is C14H16ClN5O3. The molecule has 2 N–H and O–H groups in total. The Morgan fingerprint density at radius 3 is 2.65 bits per heavy atom. The number of aromatic nitrogens is 3. The topological polar surface area (TPSA) is 114 Å². The number of rotatable bonds is 6. The first-order chi connectivity index (χ1) is 11.0. The van der Waals surface area contributed by atoms with Gasteiger partial charge in [-0.25, -0.2) is 10.1 Å². The van der Waals surface area contributed by atoms with Crippen LogP contribution < -0.4 is 10.9 Å². The van der Waals surface area contributed by atoms with Crippen molar-refractivity contribution >= 4 is 23.1 Å². The van der Waals surface area contributed by atoms with Crippen molar-refractivity contribution in [2.75, 3.05) is 5.32 Å². The van der Waals surface area contributed by atoms with Gasteiger partial charge in [-0.2, -0.15) is 5.10 Å². The molecule has 2 rings (SSSR count). The van der Waals surface area contributed by atoms with Crippen molar-refractivity contribution in [3.63, 3.8) is 0 Å². The predicted molar refractivity (Wildman–Crippen MR) is 86.8 cm³/mol. The first-order valence-corrected chi connectivity index (χ1v) is 7.48. The fourth-order valence-corrected chi connectivity index (χ4v) is 2.52. The van der Waals surface area contributed by atoms with Crippen molar-refractivity contribution in [1.29, 1.82) is 0 Å². The van der Waals surface area contributed by atoms with E-state index >= 15 is 0 Å². The Hall–Kier alpha value is -2.48. The lowest BCUT2D eigenvalue weighted by molar-refractivity contribution is -0.385. The molecular weight excluding hydrogens is 322 g/mol. The molecule has 2 aromatic rings. The van der Waals surface area contributed by atoms with Gasteiger partial charge >= 0.3 is 0 Å². The third-order valence-electron chi connectivity index (χ3n) is 3.44. The molecule has 0 atom stereocenters. The number of H-pyrrole nitrogens is 1. The summed E-state index contributed by atoms with van der Waals surface area (Å²) >= 11 is 5.98. The maximum Gasteiger partial charge on any atom is 0.289 e. The Kier molecular flexibility index (Phi) is 5.28. The minimum Gasteiger partial charge on any atom is -0.365 e. The highest BCUT2D eigenvalue weighted by Crippen LogP contribution is 2.24. The molecule has 9 heteroatoms. The number of nitrogens with one attached hydrogen (secondary N) is 2. The second-order valence-electron chi connectivity index (χ2n) is 4.80. The van der Waals surface area contributed by atoms with Crippen LogP contribution in [0.1, 0.15) is 30.7 Å². The van der Waals surface area contributed by atoms with E-state index in [1.165, 1.54) is 6.07 Å². The van der Waals surface area contributed by atoms with Crippen LogP contribution >= 0.6 is 11.6 Å². The van der Waals surface area contributed by atoms with E-state index in [4.69, 9.17) is 11.6 Å². The average molecular weight is 338 g/mol. The molecule has 23 heavy (non-hydrogen) atoms. The molecule has 0 aromatic carbocycles. The highest BCUT2D eigenvalue weighted by molar-refractivity contribution is 6.33. The van der Waals surface area contributed by atoms with Crippen LogP contribution in [0.5, 0.6) is 0 Å². The summed E-state index contributed by atoms with van der Waals surface area (Å²) in [6.45, 7) is 4.13. The summed E-state index contributed by atoms with van der Waals surface area (Å²) in [6, 6.07) is 1.21. The zero-order valence-electron chi connectivity index (χ0n) is 12.7. The summed E-state index contributed by atoms with van der Waals surface area (Å²) in [6.07, 6.45) is 2.51. The largest absolute Gasteiger partial charge is 0.365 e. The van der Waals surface area contributed by atoms with Gasteiger partial charge in [0, 0.05) is 18.2 Å². The van der Waals surface area contributed by atoms with Gasteiger partial charge in [0.1, 0.15) is 12.0 Å². The van der Waals surface area contributed by atoms with Crippen LogP contribution in [-0.2, 0) is 19.4 Å². The number of halogens is 1. The second kappa shape index (κ2) is 7.19. The highest BCUT2D eigenvalue weighted by Gasteiger charge is 2.14. The lowest BCUT2D eigenvalue weighted by Gasteiger charge is -2.12. The van der Waals surface area contributed by atoms with Crippen LogP contribution in [0, 0.1) is 10.1 Å². The Balaban J connectivity index is 2.28. The van der Waals surface area contributed by atoms with E-state index in [2.05, 4.69) is 20.5 Å². The van der Waals surface area contributed by atoms with Gasteiger partial charge in [0.2, 0.25) is 0 Å². The Morgan fingerprint density at radius 1 is 1.35 bits per heavy atom. The maximum absolute atomic E-state index is 12.0. The molecule has 2 heterocycles. The first-order valence-electron chi connectivity index (χ1n) is 7.11. The van der Waals surface area contributed by atoms with Crippen molar-refractivity contribution in [3.05, 3.63) is 54.6 Å². The monoisotopic (exact) mass is 337 g/mol. The highest BCUT2D eigenvalue weighted by atomic mass is 35.5. The summed E-state index contributed by atoms with van der Waals surface area (Å²) in [5.74, 6) is 0.286. The van der Waals surface area contributed by atoms with Crippen molar-refractivity contribution in [2.45, 2.75) is 33.2 Å². The molecule has 0 aliphatic carbocycles. The van der Waals surface area contributed by atoms with E-state index in [0.29, 0.717) is 18.4 Å². The maximum atomic E-state index is 12.0. The Labute approximate surface area is 137 Å². The van der Waals surface area contributed by atoms with Crippen LogP contribution in [0.4, 0.5) is 11.5 Å². The normalized spacial score (nSPS) is 10.6. The van der Waals surface area contributed by atoms with E-state index in [9.17, 15) is 14.9 Å². The summed E-state index contributed by atoms with van der Waals surface area (Å²) < 4.78 is 0. The third kappa shape index (κ3) is 3.65. The number of aromatic amines is 1. The number of hydrogen-bond donors (Lipinski definition) is 2. The van der Waals surface area contributed by atoms with Crippen molar-refractivity contribution < 1.29 is 4.92 Å². The van der Waals surface area contributed by atoms with Gasteiger partial charge in [0.05, 0.1) is 15.6 Å². The van der Waals surface area contributed by atoms with Gasteiger partial charge in [0.25, 0.3) is 11.2 Å². The molecule has 0 amide bonds. The van der Waals surface area contributed by atoms with Gasteiger partial charge in [0.15, 0.2) is 0 Å². The molecule has 0 aliphatic heterocycles. The lowest BCUT2D eigenvalue weighted by atomic mass is 10.0. The standard InChI is InChI=1S/C14H16ClN5O3/c1-3-9-10(14(21)19-18-12(9)4-2)7-17-13-11(15)5-8(6-16-13)20(22)23/h5-6H,3-4,7H2,1-2H3,(H,16,17)(H,19,21). The molecule has 0 saturated heterocycles. The minimum absolute atomic E-state index is 0.124. The Morgan fingerprint density at radius 2 is 2.09 bits per heavy atom. The van der Waals surface area contributed by atoms with Crippen LogP contribution in [-0.4, -0.2) is 20.1 Å². The molecule has 0 saturated carbocycles. The van der Waals surface area contributed by atoms with E-state index in [-0.39, 0.29) is 28.6 Å². The zero-order valence-corrected chi connectivity index (χ0v) is 13.5. The zero-order chi connectivity index (χ0) is 17.0. The smallest absolute Gasteiger partial charge is 0.289 e. The molecule has 8 nitrogen and oxygen atoms in total. The number of aryl methyl sites for hydroxylation is 1. The van der Waals surface area contributed by atoms with Crippen molar-refractivity contribution in [2.24, 2.45) is 0 Å². The SMILES string of the molecule is CCc1n[nH]c(=O)c(CNc2ncc([N+](=O)[O-])cc2Cl)c1CC. The van der Waals surface area contributed by atoms with Gasteiger partial charge < -0.3 is 5.32 Å². The molecule has 0 unspecified atom stereocenters. The van der Waals surface area contributed by atoms with E-state index in [0.717, 1.165) is 17.5 Å². The summed E-state index contributed by atoms with van der Waals surface area (Å²) in [7, 11) is 0. The van der Waals surface area contributed by atoms with Crippen LogP contribution in [0.25, 0.3) is 0 Å². The summed E-state index contributed by atoms with van der Waals surface area (Å²) in [5, 5.41) is 20.3. The van der Waals surface area contributed by atoms with Gasteiger partial charge in [-0.05, 0) is 18.4 Å². The van der Waals surface area contributed by atoms with Gasteiger partial charge in [-0.1, -0.05) is 25.4 Å².